The quantitative estimate of drug-likeness (QED) is 0.238. The number of carbonyl (C=O) groups excluding carboxylic acids is 1. The average Bonchev–Trinajstić information content (AvgIpc) is 3.44. The Morgan fingerprint density at radius 2 is 1.56 bits per heavy atom. The molecule has 0 fully saturated rings. The molecular formula is C29H31N3O4. The van der Waals surface area contributed by atoms with Crippen LogP contribution in [0, 0.1) is 13.8 Å². The maximum Gasteiger partial charge on any atom is 0.307 e. The van der Waals surface area contributed by atoms with E-state index in [1.165, 1.54) is 11.4 Å². The summed E-state index contributed by atoms with van der Waals surface area (Å²) in [5.41, 5.74) is 6.48. The molecule has 0 radical (unpaired) electrons. The number of ether oxygens (including phenoxy) is 2. The van der Waals surface area contributed by atoms with E-state index in [9.17, 15) is 4.79 Å². The Balaban J connectivity index is 1.27. The van der Waals surface area contributed by atoms with Crippen molar-refractivity contribution in [2.24, 2.45) is 5.10 Å². The number of hydrogen-bond donors (Lipinski definition) is 1. The summed E-state index contributed by atoms with van der Waals surface area (Å²) in [6, 6.07) is 22.8. The summed E-state index contributed by atoms with van der Waals surface area (Å²) >= 11 is 0. The van der Waals surface area contributed by atoms with Gasteiger partial charge in [-0.05, 0) is 113 Å². The van der Waals surface area contributed by atoms with Gasteiger partial charge in [0.2, 0.25) is 0 Å². The monoisotopic (exact) mass is 485 g/mol. The van der Waals surface area contributed by atoms with Gasteiger partial charge in [-0.3, -0.25) is 4.79 Å². The molecule has 2 aromatic heterocycles. The van der Waals surface area contributed by atoms with Crippen LogP contribution in [0.15, 0.2) is 82.3 Å². The third kappa shape index (κ3) is 6.44. The highest BCUT2D eigenvalue weighted by Gasteiger charge is 2.12. The smallest absolute Gasteiger partial charge is 0.307 e. The fourth-order valence-electron chi connectivity index (χ4n) is 3.70. The molecule has 0 saturated heterocycles. The van der Waals surface area contributed by atoms with E-state index in [0.29, 0.717) is 11.5 Å². The van der Waals surface area contributed by atoms with E-state index < -0.39 is 5.91 Å². The number of aryl methyl sites for hydroxylation is 2. The van der Waals surface area contributed by atoms with Crippen molar-refractivity contribution in [3.05, 3.63) is 101 Å². The van der Waals surface area contributed by atoms with Crippen LogP contribution in [0.2, 0.25) is 0 Å². The van der Waals surface area contributed by atoms with Crippen LogP contribution in [-0.2, 0) is 6.61 Å². The van der Waals surface area contributed by atoms with Gasteiger partial charge in [0.25, 0.3) is 0 Å². The summed E-state index contributed by atoms with van der Waals surface area (Å²) in [6.45, 7) is 10.3. The second kappa shape index (κ2) is 10.6. The van der Waals surface area contributed by atoms with Gasteiger partial charge in [0.1, 0.15) is 29.5 Å². The zero-order chi connectivity index (χ0) is 25.7. The van der Waals surface area contributed by atoms with E-state index in [2.05, 4.69) is 41.1 Å². The number of rotatable bonds is 8. The summed E-state index contributed by atoms with van der Waals surface area (Å²) in [5.74, 6) is 1.75. The lowest BCUT2D eigenvalue weighted by Crippen LogP contribution is -2.22. The van der Waals surface area contributed by atoms with Crippen LogP contribution >= 0.6 is 0 Å². The predicted octanol–water partition coefficient (Wildman–Crippen LogP) is 6.21. The van der Waals surface area contributed by atoms with E-state index >= 15 is 0 Å². The molecule has 0 aliphatic rings. The third-order valence-electron chi connectivity index (χ3n) is 5.32. The molecule has 36 heavy (non-hydrogen) atoms. The number of furan rings is 1. The molecule has 2 heterocycles. The number of amides is 1. The normalized spacial score (nSPS) is 11.6. The van der Waals surface area contributed by atoms with Crippen LogP contribution in [0.1, 0.15) is 54.0 Å². The first-order valence-corrected chi connectivity index (χ1v) is 11.8. The summed E-state index contributed by atoms with van der Waals surface area (Å²) in [4.78, 5) is 12.4. The average molecular weight is 486 g/mol. The van der Waals surface area contributed by atoms with E-state index in [0.717, 1.165) is 17.0 Å². The van der Waals surface area contributed by atoms with Crippen LogP contribution in [-0.4, -0.2) is 22.3 Å². The van der Waals surface area contributed by atoms with Crippen LogP contribution in [0.4, 0.5) is 0 Å². The molecule has 0 aliphatic carbocycles. The van der Waals surface area contributed by atoms with Gasteiger partial charge < -0.3 is 18.5 Å². The van der Waals surface area contributed by atoms with Crippen molar-refractivity contribution in [1.29, 1.82) is 0 Å². The highest BCUT2D eigenvalue weighted by atomic mass is 16.5. The fourth-order valence-corrected chi connectivity index (χ4v) is 3.70. The Morgan fingerprint density at radius 1 is 0.917 bits per heavy atom. The van der Waals surface area contributed by atoms with Gasteiger partial charge in [0, 0.05) is 17.1 Å². The summed E-state index contributed by atoms with van der Waals surface area (Å²) in [5, 5.41) is 4.01. The maximum absolute atomic E-state index is 12.4. The molecule has 0 unspecified atom stereocenters. The van der Waals surface area contributed by atoms with Crippen molar-refractivity contribution >= 4 is 12.1 Å². The zero-order valence-electron chi connectivity index (χ0n) is 21.2. The molecule has 0 spiro atoms. The number of carbonyl (C=O) groups is 1. The number of hydrogen-bond acceptors (Lipinski definition) is 5. The Kier molecular flexibility index (Phi) is 7.29. The van der Waals surface area contributed by atoms with Gasteiger partial charge >= 0.3 is 5.91 Å². The van der Waals surface area contributed by atoms with E-state index in [1.54, 1.807) is 18.3 Å². The molecular weight excluding hydrogens is 454 g/mol. The summed E-state index contributed by atoms with van der Waals surface area (Å²) < 4.78 is 19.4. The number of nitrogens with zero attached hydrogens (tertiary/aromatic N) is 2. The predicted molar refractivity (Wildman–Crippen MR) is 140 cm³/mol. The van der Waals surface area contributed by atoms with Gasteiger partial charge in [0.15, 0.2) is 5.76 Å². The Bertz CT molecular complexity index is 1320. The first-order chi connectivity index (χ1) is 17.2. The minimum atomic E-state index is -0.438. The maximum atomic E-state index is 12.4. The highest BCUT2D eigenvalue weighted by Crippen LogP contribution is 2.21. The third-order valence-corrected chi connectivity index (χ3v) is 5.32. The van der Waals surface area contributed by atoms with Crippen molar-refractivity contribution in [1.82, 2.24) is 9.99 Å². The fraction of sp³-hybridized carbons (Fsp3) is 0.241. The number of nitrogens with one attached hydrogen (secondary N) is 1. The van der Waals surface area contributed by atoms with Crippen LogP contribution in [0.3, 0.4) is 0 Å². The topological polar surface area (TPSA) is 78.0 Å². The standard InChI is InChI=1S/C29H31N3O4/c1-20-6-7-21(2)32(20)23-10-14-24(15-11-23)34-19-26-16-17-27(35-26)28(33)31-30-18-22-8-12-25(13-9-22)36-29(3,4)5/h6-18H,19H2,1-5H3,(H,31,33)/b30-18+. The van der Waals surface area contributed by atoms with E-state index in [4.69, 9.17) is 13.9 Å². The number of benzene rings is 2. The van der Waals surface area contributed by atoms with Crippen molar-refractivity contribution in [2.45, 2.75) is 46.8 Å². The lowest BCUT2D eigenvalue weighted by atomic mass is 10.2. The lowest BCUT2D eigenvalue weighted by molar-refractivity contribution is 0.0923. The van der Waals surface area contributed by atoms with Gasteiger partial charge in [-0.2, -0.15) is 5.10 Å². The molecule has 1 amide bonds. The molecule has 186 valence electrons. The summed E-state index contributed by atoms with van der Waals surface area (Å²) in [6.07, 6.45) is 1.56. The van der Waals surface area contributed by atoms with Crippen LogP contribution in [0.5, 0.6) is 11.5 Å². The zero-order valence-corrected chi connectivity index (χ0v) is 21.2. The molecule has 0 atom stereocenters. The Labute approximate surface area is 211 Å². The van der Waals surface area contributed by atoms with E-state index in [-0.39, 0.29) is 18.0 Å². The molecule has 0 saturated carbocycles. The van der Waals surface area contributed by atoms with Gasteiger partial charge in [0.05, 0.1) is 6.21 Å². The minimum absolute atomic E-state index is 0.161. The van der Waals surface area contributed by atoms with Crippen LogP contribution < -0.4 is 14.9 Å². The first kappa shape index (κ1) is 24.9. The summed E-state index contributed by atoms with van der Waals surface area (Å²) in [7, 11) is 0. The largest absolute Gasteiger partial charge is 0.488 e. The molecule has 2 aromatic carbocycles. The minimum Gasteiger partial charge on any atom is -0.488 e. The van der Waals surface area contributed by atoms with E-state index in [1.807, 2.05) is 69.3 Å². The van der Waals surface area contributed by atoms with Crippen molar-refractivity contribution in [3.63, 3.8) is 0 Å². The van der Waals surface area contributed by atoms with Gasteiger partial charge in [-0.25, -0.2) is 5.43 Å². The SMILES string of the molecule is Cc1ccc(C)n1-c1ccc(OCc2ccc(C(=O)N/N=C/c3ccc(OC(C)(C)C)cc3)o2)cc1. The second-order valence-electron chi connectivity index (χ2n) is 9.48. The van der Waals surface area contributed by atoms with Gasteiger partial charge in [-0.15, -0.1) is 0 Å². The van der Waals surface area contributed by atoms with Crippen LogP contribution in [0.25, 0.3) is 5.69 Å². The molecule has 1 N–H and O–H groups in total. The van der Waals surface area contributed by atoms with Crippen molar-refractivity contribution in [2.75, 3.05) is 0 Å². The molecule has 4 aromatic rings. The Morgan fingerprint density at radius 3 is 2.19 bits per heavy atom. The van der Waals surface area contributed by atoms with Crippen molar-refractivity contribution in [3.8, 4) is 17.2 Å². The lowest BCUT2D eigenvalue weighted by Gasteiger charge is -2.21. The van der Waals surface area contributed by atoms with Crippen molar-refractivity contribution < 1.29 is 18.7 Å². The molecule has 0 bridgehead atoms. The second-order valence-corrected chi connectivity index (χ2v) is 9.48. The van der Waals surface area contributed by atoms with Gasteiger partial charge in [-0.1, -0.05) is 0 Å². The molecule has 0 aliphatic heterocycles. The highest BCUT2D eigenvalue weighted by molar-refractivity contribution is 5.92. The first-order valence-electron chi connectivity index (χ1n) is 11.8. The molecule has 4 rings (SSSR count). The Hall–Kier alpha value is -4.26. The number of hydrazone groups is 1. The molecule has 7 nitrogen and oxygen atoms in total. The molecule has 7 heteroatoms. The number of aromatic nitrogens is 1.